The topological polar surface area (TPSA) is 72.1 Å². The van der Waals surface area contributed by atoms with Gasteiger partial charge in [0.15, 0.2) is 0 Å². The van der Waals surface area contributed by atoms with Crippen molar-refractivity contribution in [3.63, 3.8) is 0 Å². The standard InChI is InChI=1S/C16H11F3N4O2/c1-23(12-4-2-3-9-20-12)14(24)11-7-5-10(6-8-11)13-21-15(25-22-13)16(17,18)19/h2-9H,1H3. The zero-order valence-corrected chi connectivity index (χ0v) is 12.9. The van der Waals surface area contributed by atoms with E-state index < -0.39 is 12.1 Å². The number of aromatic nitrogens is 3. The number of amides is 1. The average Bonchev–Trinajstić information content (AvgIpc) is 3.12. The quantitative estimate of drug-likeness (QED) is 0.725. The Morgan fingerprint density at radius 3 is 2.40 bits per heavy atom. The summed E-state index contributed by atoms with van der Waals surface area (Å²) in [6.07, 6.45) is -3.14. The summed E-state index contributed by atoms with van der Waals surface area (Å²) in [6.45, 7) is 0. The van der Waals surface area contributed by atoms with Gasteiger partial charge in [-0.25, -0.2) is 4.98 Å². The number of hydrogen-bond acceptors (Lipinski definition) is 5. The summed E-state index contributed by atoms with van der Waals surface area (Å²) in [5, 5.41) is 3.30. The Bertz CT molecular complexity index is 876. The molecule has 1 aromatic carbocycles. The highest BCUT2D eigenvalue weighted by molar-refractivity contribution is 6.05. The molecule has 0 unspecified atom stereocenters. The van der Waals surface area contributed by atoms with E-state index in [0.29, 0.717) is 16.9 Å². The van der Waals surface area contributed by atoms with E-state index in [1.807, 2.05) is 0 Å². The molecule has 25 heavy (non-hydrogen) atoms. The van der Waals surface area contributed by atoms with Crippen molar-refractivity contribution in [3.8, 4) is 11.4 Å². The molecule has 0 N–H and O–H groups in total. The van der Waals surface area contributed by atoms with Gasteiger partial charge in [0, 0.05) is 24.4 Å². The maximum Gasteiger partial charge on any atom is 0.471 e. The zero-order valence-electron chi connectivity index (χ0n) is 12.9. The van der Waals surface area contributed by atoms with Gasteiger partial charge in [-0.2, -0.15) is 18.2 Å². The Labute approximate surface area is 139 Å². The molecule has 0 radical (unpaired) electrons. The summed E-state index contributed by atoms with van der Waals surface area (Å²) in [4.78, 5) is 21.2. The van der Waals surface area contributed by atoms with Crippen molar-refractivity contribution in [3.05, 3.63) is 60.1 Å². The van der Waals surface area contributed by atoms with Crippen molar-refractivity contribution in [2.75, 3.05) is 11.9 Å². The third-order valence-electron chi connectivity index (χ3n) is 3.36. The fourth-order valence-electron chi connectivity index (χ4n) is 2.07. The van der Waals surface area contributed by atoms with Crippen molar-refractivity contribution in [1.29, 1.82) is 0 Å². The van der Waals surface area contributed by atoms with Crippen LogP contribution in [0.2, 0.25) is 0 Å². The highest BCUT2D eigenvalue weighted by Gasteiger charge is 2.38. The molecule has 0 aliphatic rings. The van der Waals surface area contributed by atoms with Crippen LogP contribution in [0.3, 0.4) is 0 Å². The Balaban J connectivity index is 1.80. The lowest BCUT2D eigenvalue weighted by atomic mass is 10.1. The van der Waals surface area contributed by atoms with Crippen LogP contribution in [0.4, 0.5) is 19.0 Å². The first-order valence-electron chi connectivity index (χ1n) is 7.06. The molecule has 2 heterocycles. The first-order valence-corrected chi connectivity index (χ1v) is 7.06. The molecule has 128 valence electrons. The molecule has 0 saturated carbocycles. The molecule has 0 saturated heterocycles. The number of carbonyl (C=O) groups is 1. The minimum Gasteiger partial charge on any atom is -0.329 e. The Kier molecular flexibility index (Phi) is 4.22. The molecule has 0 aliphatic heterocycles. The molecule has 3 aromatic rings. The van der Waals surface area contributed by atoms with Gasteiger partial charge in [0.1, 0.15) is 5.82 Å². The minimum atomic E-state index is -4.70. The van der Waals surface area contributed by atoms with Gasteiger partial charge in [0.25, 0.3) is 5.91 Å². The Morgan fingerprint density at radius 2 is 1.84 bits per heavy atom. The molecular weight excluding hydrogens is 337 g/mol. The molecule has 0 aliphatic carbocycles. The lowest BCUT2D eigenvalue weighted by Crippen LogP contribution is -2.26. The van der Waals surface area contributed by atoms with Crippen LogP contribution >= 0.6 is 0 Å². The van der Waals surface area contributed by atoms with Crippen LogP contribution in [0.15, 0.2) is 53.2 Å². The van der Waals surface area contributed by atoms with Crippen LogP contribution in [0, 0.1) is 0 Å². The van der Waals surface area contributed by atoms with Gasteiger partial charge in [-0.05, 0) is 24.3 Å². The fraction of sp³-hybridized carbons (Fsp3) is 0.125. The van der Waals surface area contributed by atoms with E-state index >= 15 is 0 Å². The van der Waals surface area contributed by atoms with E-state index in [0.717, 1.165) is 0 Å². The van der Waals surface area contributed by atoms with Crippen molar-refractivity contribution >= 4 is 11.7 Å². The Morgan fingerprint density at radius 1 is 1.12 bits per heavy atom. The molecular formula is C16H11F3N4O2. The fourth-order valence-corrected chi connectivity index (χ4v) is 2.07. The van der Waals surface area contributed by atoms with Crippen LogP contribution in [0.1, 0.15) is 16.2 Å². The number of alkyl halides is 3. The van der Waals surface area contributed by atoms with Crippen molar-refractivity contribution in [2.45, 2.75) is 6.18 Å². The predicted octanol–water partition coefficient (Wildman–Crippen LogP) is 3.43. The van der Waals surface area contributed by atoms with E-state index in [4.69, 9.17) is 0 Å². The van der Waals surface area contributed by atoms with E-state index in [-0.39, 0.29) is 11.7 Å². The van der Waals surface area contributed by atoms with E-state index in [1.54, 1.807) is 31.4 Å². The van der Waals surface area contributed by atoms with Crippen LogP contribution in [0.25, 0.3) is 11.4 Å². The molecule has 0 fully saturated rings. The van der Waals surface area contributed by atoms with Crippen LogP contribution in [0.5, 0.6) is 0 Å². The predicted molar refractivity (Wildman–Crippen MR) is 81.7 cm³/mol. The van der Waals surface area contributed by atoms with Gasteiger partial charge in [-0.3, -0.25) is 9.69 Å². The molecule has 6 nitrogen and oxygen atoms in total. The molecule has 1 amide bonds. The van der Waals surface area contributed by atoms with Gasteiger partial charge < -0.3 is 4.52 Å². The summed E-state index contributed by atoms with van der Waals surface area (Å²) < 4.78 is 41.6. The zero-order chi connectivity index (χ0) is 18.0. The second-order valence-corrected chi connectivity index (χ2v) is 5.05. The number of pyridine rings is 1. The summed E-state index contributed by atoms with van der Waals surface area (Å²) in [7, 11) is 1.58. The summed E-state index contributed by atoms with van der Waals surface area (Å²) in [5.74, 6) is -1.46. The average molecular weight is 348 g/mol. The normalized spacial score (nSPS) is 11.4. The van der Waals surface area contributed by atoms with Crippen molar-refractivity contribution < 1.29 is 22.5 Å². The van der Waals surface area contributed by atoms with Crippen LogP contribution in [-0.2, 0) is 6.18 Å². The lowest BCUT2D eigenvalue weighted by Gasteiger charge is -2.16. The molecule has 0 atom stereocenters. The Hall–Kier alpha value is -3.23. The molecule has 3 rings (SSSR count). The first-order chi connectivity index (χ1) is 11.9. The highest BCUT2D eigenvalue weighted by Crippen LogP contribution is 2.29. The van der Waals surface area contributed by atoms with Gasteiger partial charge in [-0.1, -0.05) is 23.4 Å². The van der Waals surface area contributed by atoms with Crippen molar-refractivity contribution in [2.24, 2.45) is 0 Å². The number of anilines is 1. The van der Waals surface area contributed by atoms with Crippen LogP contribution < -0.4 is 4.90 Å². The smallest absolute Gasteiger partial charge is 0.329 e. The van der Waals surface area contributed by atoms with Crippen LogP contribution in [-0.4, -0.2) is 28.1 Å². The second-order valence-electron chi connectivity index (χ2n) is 5.05. The number of nitrogens with zero attached hydrogens (tertiary/aromatic N) is 4. The van der Waals surface area contributed by atoms with E-state index in [1.165, 1.54) is 29.2 Å². The number of halogens is 3. The molecule has 2 aromatic heterocycles. The maximum atomic E-state index is 12.5. The SMILES string of the molecule is CN(C(=O)c1ccc(-c2noc(C(F)(F)F)n2)cc1)c1ccccn1. The maximum absolute atomic E-state index is 12.5. The van der Waals surface area contributed by atoms with Crippen molar-refractivity contribution in [1.82, 2.24) is 15.1 Å². The molecule has 9 heteroatoms. The van der Waals surface area contributed by atoms with Gasteiger partial charge in [-0.15, -0.1) is 0 Å². The van der Waals surface area contributed by atoms with Gasteiger partial charge in [0.2, 0.25) is 5.82 Å². The lowest BCUT2D eigenvalue weighted by molar-refractivity contribution is -0.159. The summed E-state index contributed by atoms with van der Waals surface area (Å²) in [6, 6.07) is 11.0. The molecule has 0 bridgehead atoms. The number of rotatable bonds is 3. The van der Waals surface area contributed by atoms with Gasteiger partial charge in [0.05, 0.1) is 0 Å². The van der Waals surface area contributed by atoms with Gasteiger partial charge >= 0.3 is 12.1 Å². The van der Waals surface area contributed by atoms with E-state index in [2.05, 4.69) is 19.6 Å². The minimum absolute atomic E-state index is 0.204. The highest BCUT2D eigenvalue weighted by atomic mass is 19.4. The monoisotopic (exact) mass is 348 g/mol. The van der Waals surface area contributed by atoms with E-state index in [9.17, 15) is 18.0 Å². The number of benzene rings is 1. The summed E-state index contributed by atoms with van der Waals surface area (Å²) >= 11 is 0. The third kappa shape index (κ3) is 3.49. The number of hydrogen-bond donors (Lipinski definition) is 0. The first kappa shape index (κ1) is 16.6. The third-order valence-corrected chi connectivity index (χ3v) is 3.36. The second kappa shape index (κ2) is 6.34. The number of carbonyl (C=O) groups excluding carboxylic acids is 1. The largest absolute Gasteiger partial charge is 0.471 e. The molecule has 0 spiro atoms. The summed E-state index contributed by atoms with van der Waals surface area (Å²) in [5.41, 5.74) is 0.646.